The van der Waals surface area contributed by atoms with Gasteiger partial charge in [0.05, 0.1) is 6.04 Å². The maximum absolute atomic E-state index is 12.7. The molecule has 13 heteroatoms. The van der Waals surface area contributed by atoms with Gasteiger partial charge in [-0.3, -0.25) is 9.20 Å². The first kappa shape index (κ1) is 22.2. The van der Waals surface area contributed by atoms with Crippen molar-refractivity contribution < 1.29 is 27.5 Å². The van der Waals surface area contributed by atoms with Crippen LogP contribution in [0, 0.1) is 6.92 Å². The van der Waals surface area contributed by atoms with Gasteiger partial charge >= 0.3 is 12.1 Å². The number of azide groups is 1. The largest absolute Gasteiger partial charge is 0.491 e. The SMILES string of the molecule is CC(=O)N1CCN(c2c(C(C)N=[N+]=[N-])cc(C)c3c(OC(=O)C(F)(F)F)ncn23)CC1. The number of alkyl halides is 3. The van der Waals surface area contributed by atoms with Gasteiger partial charge in [0.2, 0.25) is 11.8 Å². The van der Waals surface area contributed by atoms with Crippen LogP contribution in [0.1, 0.15) is 31.0 Å². The van der Waals surface area contributed by atoms with Crippen LogP contribution in [-0.4, -0.2) is 58.5 Å². The second-order valence-electron chi connectivity index (χ2n) is 7.14. The molecule has 3 rings (SSSR count). The summed E-state index contributed by atoms with van der Waals surface area (Å²) in [5.74, 6) is -2.34. The van der Waals surface area contributed by atoms with E-state index in [-0.39, 0.29) is 11.4 Å². The lowest BCUT2D eigenvalue weighted by Gasteiger charge is -2.37. The second kappa shape index (κ2) is 8.34. The van der Waals surface area contributed by atoms with Crippen LogP contribution in [0.2, 0.25) is 0 Å². The predicted molar refractivity (Wildman–Crippen MR) is 104 cm³/mol. The van der Waals surface area contributed by atoms with Gasteiger partial charge in [0, 0.05) is 43.6 Å². The third-order valence-electron chi connectivity index (χ3n) is 5.09. The Balaban J connectivity index is 2.12. The first-order valence-electron chi connectivity index (χ1n) is 9.38. The van der Waals surface area contributed by atoms with Gasteiger partial charge in [0.25, 0.3) is 0 Å². The van der Waals surface area contributed by atoms with Crippen LogP contribution >= 0.6 is 0 Å². The standard InChI is InChI=1S/C18H20F3N7O3/c1-10-8-13(11(2)24-25-22)16(27-6-4-26(5-7-27)12(3)29)28-9-23-15(14(10)28)31-17(30)18(19,20)21/h8-9,11H,4-7H2,1-3H3. The molecule has 1 aliphatic rings. The fourth-order valence-electron chi connectivity index (χ4n) is 3.59. The van der Waals surface area contributed by atoms with Crippen LogP contribution in [-0.2, 0) is 9.59 Å². The Bertz CT molecular complexity index is 1070. The molecule has 0 bridgehead atoms. The molecule has 0 N–H and O–H groups in total. The summed E-state index contributed by atoms with van der Waals surface area (Å²) in [5, 5.41) is 3.75. The number of halogens is 3. The van der Waals surface area contributed by atoms with Crippen LogP contribution < -0.4 is 9.64 Å². The van der Waals surface area contributed by atoms with E-state index in [1.54, 1.807) is 24.8 Å². The number of fused-ring (bicyclic) bond motifs is 1. The summed E-state index contributed by atoms with van der Waals surface area (Å²) in [6.45, 7) is 6.59. The number of piperazine rings is 1. The minimum atomic E-state index is -5.16. The number of esters is 1. The van der Waals surface area contributed by atoms with E-state index in [4.69, 9.17) is 5.53 Å². The first-order valence-corrected chi connectivity index (χ1v) is 9.38. The van der Waals surface area contributed by atoms with Crippen molar-refractivity contribution >= 4 is 23.2 Å². The summed E-state index contributed by atoms with van der Waals surface area (Å²) >= 11 is 0. The number of anilines is 1. The number of hydrogen-bond acceptors (Lipinski definition) is 6. The second-order valence-corrected chi connectivity index (χ2v) is 7.14. The van der Waals surface area contributed by atoms with Gasteiger partial charge in [-0.25, -0.2) is 9.78 Å². The van der Waals surface area contributed by atoms with Crippen molar-refractivity contribution in [2.45, 2.75) is 33.0 Å². The summed E-state index contributed by atoms with van der Waals surface area (Å²) in [6, 6.07) is 1.09. The van der Waals surface area contributed by atoms with Crippen molar-refractivity contribution in [2.75, 3.05) is 31.1 Å². The maximum atomic E-state index is 12.7. The smallest absolute Gasteiger partial charge is 0.398 e. The van der Waals surface area contributed by atoms with Crippen LogP contribution in [0.15, 0.2) is 17.5 Å². The van der Waals surface area contributed by atoms with Crippen LogP contribution in [0.3, 0.4) is 0 Å². The molecule has 1 saturated heterocycles. The van der Waals surface area contributed by atoms with E-state index in [9.17, 15) is 22.8 Å². The summed E-state index contributed by atoms with van der Waals surface area (Å²) in [5.41, 5.74) is 10.2. The lowest BCUT2D eigenvalue weighted by Crippen LogP contribution is -2.48. The van der Waals surface area contributed by atoms with E-state index in [0.717, 1.165) is 0 Å². The molecule has 31 heavy (non-hydrogen) atoms. The number of hydrogen-bond donors (Lipinski definition) is 0. The lowest BCUT2D eigenvalue weighted by molar-refractivity contribution is -0.189. The first-order chi connectivity index (χ1) is 14.5. The van der Waals surface area contributed by atoms with Gasteiger partial charge in [-0.1, -0.05) is 12.0 Å². The minimum Gasteiger partial charge on any atom is -0.398 e. The van der Waals surface area contributed by atoms with E-state index >= 15 is 0 Å². The summed E-state index contributed by atoms with van der Waals surface area (Å²) in [6.07, 6.45) is -3.90. The number of rotatable bonds is 4. The highest BCUT2D eigenvalue weighted by atomic mass is 19.4. The fourth-order valence-corrected chi connectivity index (χ4v) is 3.59. The number of aryl methyl sites for hydroxylation is 1. The molecular weight excluding hydrogens is 419 g/mol. The highest BCUT2D eigenvalue weighted by Crippen LogP contribution is 2.36. The van der Waals surface area contributed by atoms with Gasteiger partial charge in [-0.2, -0.15) is 13.2 Å². The Kier molecular flexibility index (Phi) is 5.98. The van der Waals surface area contributed by atoms with Crippen molar-refractivity contribution in [3.8, 4) is 5.88 Å². The molecule has 1 fully saturated rings. The molecule has 2 aromatic heterocycles. The van der Waals surface area contributed by atoms with E-state index in [0.29, 0.717) is 43.1 Å². The predicted octanol–water partition coefficient (Wildman–Crippen LogP) is 3.15. The Morgan fingerprint density at radius 3 is 2.48 bits per heavy atom. The Morgan fingerprint density at radius 2 is 1.94 bits per heavy atom. The number of nitrogens with zero attached hydrogens (tertiary/aromatic N) is 7. The lowest BCUT2D eigenvalue weighted by atomic mass is 10.1. The maximum Gasteiger partial charge on any atom is 0.491 e. The molecule has 2 aromatic rings. The molecule has 0 saturated carbocycles. The van der Waals surface area contributed by atoms with Crippen molar-refractivity contribution in [1.29, 1.82) is 0 Å². The number of carbonyl (C=O) groups is 2. The fraction of sp³-hybridized carbons (Fsp3) is 0.500. The van der Waals surface area contributed by atoms with Gasteiger partial charge in [-0.15, -0.1) is 0 Å². The molecule has 0 spiro atoms. The zero-order valence-corrected chi connectivity index (χ0v) is 17.0. The average molecular weight is 439 g/mol. The van der Waals surface area contributed by atoms with Crippen molar-refractivity contribution in [2.24, 2.45) is 5.11 Å². The zero-order valence-electron chi connectivity index (χ0n) is 17.0. The Morgan fingerprint density at radius 1 is 1.29 bits per heavy atom. The molecule has 166 valence electrons. The van der Waals surface area contributed by atoms with Crippen molar-refractivity contribution in [3.63, 3.8) is 0 Å². The topological polar surface area (TPSA) is 116 Å². The number of carbonyl (C=O) groups excluding carboxylic acids is 2. The molecule has 0 aliphatic carbocycles. The summed E-state index contributed by atoms with van der Waals surface area (Å²) in [4.78, 5) is 33.3. The minimum absolute atomic E-state index is 0.0552. The number of pyridine rings is 1. The number of aromatic nitrogens is 2. The quantitative estimate of drug-likeness (QED) is 0.314. The van der Waals surface area contributed by atoms with Crippen molar-refractivity contribution in [3.05, 3.63) is 34.0 Å². The molecule has 10 nitrogen and oxygen atoms in total. The molecule has 1 unspecified atom stereocenters. The molecule has 1 aliphatic heterocycles. The molecule has 0 radical (unpaired) electrons. The van der Waals surface area contributed by atoms with E-state index in [1.165, 1.54) is 17.7 Å². The Labute approximate surface area is 174 Å². The van der Waals surface area contributed by atoms with Gasteiger partial charge < -0.3 is 14.5 Å². The molecule has 3 heterocycles. The third-order valence-corrected chi connectivity index (χ3v) is 5.09. The van der Waals surface area contributed by atoms with E-state index < -0.39 is 24.1 Å². The van der Waals surface area contributed by atoms with Crippen LogP contribution in [0.5, 0.6) is 5.88 Å². The molecule has 1 amide bonds. The Hall–Kier alpha value is -3.47. The van der Waals surface area contributed by atoms with Gasteiger partial charge in [-0.05, 0) is 24.1 Å². The highest BCUT2D eigenvalue weighted by molar-refractivity contribution is 5.81. The van der Waals surface area contributed by atoms with Gasteiger partial charge in [0.15, 0.2) is 0 Å². The van der Waals surface area contributed by atoms with E-state index in [1.807, 2.05) is 4.90 Å². The zero-order chi connectivity index (χ0) is 22.9. The summed E-state index contributed by atoms with van der Waals surface area (Å²) in [7, 11) is 0. The average Bonchev–Trinajstić information content (AvgIpc) is 3.11. The number of imidazole rings is 1. The van der Waals surface area contributed by atoms with Crippen LogP contribution in [0.25, 0.3) is 16.0 Å². The summed E-state index contributed by atoms with van der Waals surface area (Å²) < 4.78 is 44.0. The number of ether oxygens (including phenoxy) is 1. The van der Waals surface area contributed by atoms with Crippen molar-refractivity contribution in [1.82, 2.24) is 14.3 Å². The van der Waals surface area contributed by atoms with E-state index in [2.05, 4.69) is 19.7 Å². The normalized spacial score (nSPS) is 15.5. The molecular formula is C18H20F3N7O3. The third kappa shape index (κ3) is 4.36. The highest BCUT2D eigenvalue weighted by Gasteiger charge is 2.42. The van der Waals surface area contributed by atoms with Gasteiger partial charge in [0.1, 0.15) is 17.7 Å². The molecule has 1 atom stereocenters. The van der Waals surface area contributed by atoms with Crippen LogP contribution in [0.4, 0.5) is 19.0 Å². The molecule has 0 aromatic carbocycles. The number of amides is 1. The monoisotopic (exact) mass is 439 g/mol.